The van der Waals surface area contributed by atoms with E-state index in [1.54, 1.807) is 6.08 Å². The maximum absolute atomic E-state index is 12.1. The molecule has 2 aromatic carbocycles. The van der Waals surface area contributed by atoms with Crippen LogP contribution in [0.5, 0.6) is 0 Å². The highest BCUT2D eigenvalue weighted by Gasteiger charge is 2.24. The molecule has 0 aliphatic carbocycles. The molecule has 0 saturated carbocycles. The van der Waals surface area contributed by atoms with Gasteiger partial charge in [-0.25, -0.2) is 9.79 Å². The van der Waals surface area contributed by atoms with Crippen LogP contribution in [0.3, 0.4) is 0 Å². The van der Waals surface area contributed by atoms with Crippen LogP contribution in [0.25, 0.3) is 6.08 Å². The molecular formula is C20H18BrNO2. The maximum atomic E-state index is 12.1. The lowest BCUT2D eigenvalue weighted by Gasteiger charge is -2.18. The molecule has 1 aliphatic rings. The van der Waals surface area contributed by atoms with Crippen LogP contribution in [-0.2, 0) is 14.9 Å². The van der Waals surface area contributed by atoms with Crippen molar-refractivity contribution in [1.82, 2.24) is 0 Å². The second kappa shape index (κ2) is 6.36. The number of halogens is 1. The molecule has 0 atom stereocenters. The number of carbonyl (C=O) groups excluding carboxylic acids is 1. The summed E-state index contributed by atoms with van der Waals surface area (Å²) >= 11 is 3.42. The smallest absolute Gasteiger partial charge is 0.363 e. The van der Waals surface area contributed by atoms with Crippen molar-refractivity contribution in [3.8, 4) is 0 Å². The van der Waals surface area contributed by atoms with Gasteiger partial charge in [0.1, 0.15) is 0 Å². The van der Waals surface area contributed by atoms with Gasteiger partial charge in [0, 0.05) is 10.0 Å². The van der Waals surface area contributed by atoms with Crippen molar-refractivity contribution in [3.05, 3.63) is 75.4 Å². The van der Waals surface area contributed by atoms with Crippen LogP contribution < -0.4 is 0 Å². The summed E-state index contributed by atoms with van der Waals surface area (Å²) < 4.78 is 6.27. The number of hydrogen-bond donors (Lipinski definition) is 0. The summed E-state index contributed by atoms with van der Waals surface area (Å²) in [6, 6.07) is 15.6. The summed E-state index contributed by atoms with van der Waals surface area (Å²) in [5, 5.41) is 0. The number of ether oxygens (including phenoxy) is 1. The molecule has 0 aromatic heterocycles. The minimum Gasteiger partial charge on any atom is -0.402 e. The number of benzene rings is 2. The average molecular weight is 384 g/mol. The Labute approximate surface area is 150 Å². The quantitative estimate of drug-likeness (QED) is 0.534. The number of carbonyl (C=O) groups is 1. The number of esters is 1. The van der Waals surface area contributed by atoms with E-state index in [0.717, 1.165) is 15.6 Å². The largest absolute Gasteiger partial charge is 0.402 e. The fraction of sp³-hybridized carbons (Fsp3) is 0.200. The standard InChI is InChI=1S/C20H18BrNO2/c1-20(2,3)15-9-7-14(8-10-15)18-22-17(19(23)24-18)12-13-5-4-6-16(21)11-13/h4-12H,1-3H3/b17-12+. The average Bonchev–Trinajstić information content (AvgIpc) is 2.88. The van der Waals surface area contributed by atoms with E-state index in [2.05, 4.69) is 41.7 Å². The SMILES string of the molecule is CC(C)(C)c1ccc(C2=N/C(=C/c3cccc(Br)c3)C(=O)O2)cc1. The predicted octanol–water partition coefficient (Wildman–Crippen LogP) is 5.09. The van der Waals surface area contributed by atoms with Crippen LogP contribution in [0.2, 0.25) is 0 Å². The van der Waals surface area contributed by atoms with Gasteiger partial charge < -0.3 is 4.74 Å². The van der Waals surface area contributed by atoms with Crippen LogP contribution in [0.1, 0.15) is 37.5 Å². The molecular weight excluding hydrogens is 366 g/mol. The van der Waals surface area contributed by atoms with E-state index in [1.807, 2.05) is 48.5 Å². The molecule has 1 heterocycles. The number of hydrogen-bond acceptors (Lipinski definition) is 3. The first kappa shape index (κ1) is 16.7. The summed E-state index contributed by atoms with van der Waals surface area (Å²) in [6.07, 6.45) is 1.73. The maximum Gasteiger partial charge on any atom is 0.363 e. The van der Waals surface area contributed by atoms with Gasteiger partial charge in [-0.3, -0.25) is 0 Å². The van der Waals surface area contributed by atoms with E-state index in [4.69, 9.17) is 4.74 Å². The molecule has 3 nitrogen and oxygen atoms in total. The molecule has 0 unspecified atom stereocenters. The number of cyclic esters (lactones) is 1. The molecule has 3 rings (SSSR count). The normalized spacial score (nSPS) is 16.2. The van der Waals surface area contributed by atoms with Gasteiger partial charge in [-0.05, 0) is 46.9 Å². The van der Waals surface area contributed by atoms with Gasteiger partial charge in [-0.1, -0.05) is 61.0 Å². The fourth-order valence-corrected chi connectivity index (χ4v) is 2.82. The van der Waals surface area contributed by atoms with Gasteiger partial charge in [0.15, 0.2) is 5.70 Å². The molecule has 1 aliphatic heterocycles. The van der Waals surface area contributed by atoms with Gasteiger partial charge in [0.2, 0.25) is 5.90 Å². The van der Waals surface area contributed by atoms with Crippen LogP contribution >= 0.6 is 15.9 Å². The summed E-state index contributed by atoms with van der Waals surface area (Å²) in [7, 11) is 0. The van der Waals surface area contributed by atoms with Crippen molar-refractivity contribution in [2.24, 2.45) is 4.99 Å². The molecule has 0 bridgehead atoms. The molecule has 24 heavy (non-hydrogen) atoms. The summed E-state index contributed by atoms with van der Waals surface area (Å²) in [4.78, 5) is 16.4. The highest BCUT2D eigenvalue weighted by atomic mass is 79.9. The number of nitrogens with zero attached hydrogens (tertiary/aromatic N) is 1. The Balaban J connectivity index is 1.89. The molecule has 0 fully saturated rings. The lowest BCUT2D eigenvalue weighted by molar-refractivity contribution is -0.129. The Kier molecular flexibility index (Phi) is 4.41. The first-order valence-corrected chi connectivity index (χ1v) is 8.51. The Bertz CT molecular complexity index is 843. The number of rotatable bonds is 2. The summed E-state index contributed by atoms with van der Waals surface area (Å²) in [5.41, 5.74) is 3.31. The molecule has 0 amide bonds. The van der Waals surface area contributed by atoms with Gasteiger partial charge in [-0.15, -0.1) is 0 Å². The second-order valence-corrected chi connectivity index (χ2v) is 7.63. The highest BCUT2D eigenvalue weighted by molar-refractivity contribution is 9.10. The number of aliphatic imine (C=N–C) groups is 1. The van der Waals surface area contributed by atoms with E-state index in [9.17, 15) is 4.79 Å². The van der Waals surface area contributed by atoms with Crippen LogP contribution in [0.4, 0.5) is 0 Å². The van der Waals surface area contributed by atoms with Crippen LogP contribution in [0.15, 0.2) is 63.7 Å². The van der Waals surface area contributed by atoms with Crippen LogP contribution in [-0.4, -0.2) is 11.9 Å². The minimum atomic E-state index is -0.426. The predicted molar refractivity (Wildman–Crippen MR) is 99.9 cm³/mol. The van der Waals surface area contributed by atoms with Gasteiger partial charge in [-0.2, -0.15) is 0 Å². The monoisotopic (exact) mass is 383 g/mol. The zero-order chi connectivity index (χ0) is 17.3. The Morgan fingerprint density at radius 2 is 1.79 bits per heavy atom. The second-order valence-electron chi connectivity index (χ2n) is 6.72. The van der Waals surface area contributed by atoms with Gasteiger partial charge in [0.25, 0.3) is 0 Å². The zero-order valence-electron chi connectivity index (χ0n) is 13.8. The lowest BCUT2D eigenvalue weighted by Crippen LogP contribution is -2.11. The van der Waals surface area contributed by atoms with Crippen molar-refractivity contribution < 1.29 is 9.53 Å². The molecule has 0 spiro atoms. The van der Waals surface area contributed by atoms with Gasteiger partial charge >= 0.3 is 5.97 Å². The van der Waals surface area contributed by atoms with E-state index < -0.39 is 5.97 Å². The Morgan fingerprint density at radius 3 is 2.42 bits per heavy atom. The third-order valence-corrected chi connectivity index (χ3v) is 4.26. The van der Waals surface area contributed by atoms with Gasteiger partial charge in [0.05, 0.1) is 0 Å². The molecule has 0 radical (unpaired) electrons. The minimum absolute atomic E-state index is 0.0818. The third-order valence-electron chi connectivity index (χ3n) is 3.77. The Hall–Kier alpha value is -2.20. The molecule has 0 saturated heterocycles. The Morgan fingerprint density at radius 1 is 1.08 bits per heavy atom. The van der Waals surface area contributed by atoms with E-state index >= 15 is 0 Å². The molecule has 2 aromatic rings. The van der Waals surface area contributed by atoms with E-state index in [-0.39, 0.29) is 5.41 Å². The zero-order valence-corrected chi connectivity index (χ0v) is 15.4. The lowest BCUT2D eigenvalue weighted by atomic mass is 9.87. The van der Waals surface area contributed by atoms with E-state index in [1.165, 1.54) is 5.56 Å². The first-order valence-electron chi connectivity index (χ1n) is 7.72. The van der Waals surface area contributed by atoms with Crippen molar-refractivity contribution in [2.45, 2.75) is 26.2 Å². The van der Waals surface area contributed by atoms with Crippen LogP contribution in [0, 0.1) is 0 Å². The molecule has 122 valence electrons. The van der Waals surface area contributed by atoms with Crippen molar-refractivity contribution >= 4 is 33.9 Å². The summed E-state index contributed by atoms with van der Waals surface area (Å²) in [5.74, 6) is -0.0772. The first-order chi connectivity index (χ1) is 11.3. The summed E-state index contributed by atoms with van der Waals surface area (Å²) in [6.45, 7) is 6.48. The van der Waals surface area contributed by atoms with Crippen molar-refractivity contribution in [2.75, 3.05) is 0 Å². The highest BCUT2D eigenvalue weighted by Crippen LogP contribution is 2.24. The third kappa shape index (κ3) is 3.65. The van der Waals surface area contributed by atoms with E-state index in [0.29, 0.717) is 11.6 Å². The topological polar surface area (TPSA) is 38.7 Å². The van der Waals surface area contributed by atoms with Crippen molar-refractivity contribution in [3.63, 3.8) is 0 Å². The molecule has 0 N–H and O–H groups in total. The fourth-order valence-electron chi connectivity index (χ4n) is 2.40. The van der Waals surface area contributed by atoms with Crippen molar-refractivity contribution in [1.29, 1.82) is 0 Å². The molecule has 4 heteroatoms.